The van der Waals surface area contributed by atoms with E-state index >= 15 is 0 Å². The summed E-state index contributed by atoms with van der Waals surface area (Å²) in [6.07, 6.45) is 0.784. The van der Waals surface area contributed by atoms with Gasteiger partial charge < -0.3 is 35.4 Å². The summed E-state index contributed by atoms with van der Waals surface area (Å²) < 4.78 is 10.5. The normalized spacial score (nSPS) is 18.3. The smallest absolute Gasteiger partial charge is 0.407 e. The Labute approximate surface area is 290 Å². The van der Waals surface area contributed by atoms with Crippen LogP contribution in [0.3, 0.4) is 0 Å². The summed E-state index contributed by atoms with van der Waals surface area (Å²) in [5, 5.41) is 20.8. The molecule has 0 aliphatic carbocycles. The molecule has 49 heavy (non-hydrogen) atoms. The van der Waals surface area contributed by atoms with Gasteiger partial charge >= 0.3 is 6.09 Å². The van der Waals surface area contributed by atoms with Gasteiger partial charge in [0.15, 0.2) is 0 Å². The molecule has 10 nitrogen and oxygen atoms in total. The second kappa shape index (κ2) is 18.4. The minimum atomic E-state index is -1.18. The molecule has 0 spiro atoms. The summed E-state index contributed by atoms with van der Waals surface area (Å²) in [4.78, 5) is 43.0. The van der Waals surface area contributed by atoms with Gasteiger partial charge in [-0.15, -0.1) is 0 Å². The first kappa shape index (κ1) is 37.4. The average molecular weight is 673 g/mol. The van der Waals surface area contributed by atoms with E-state index in [0.717, 1.165) is 22.4 Å². The summed E-state index contributed by atoms with van der Waals surface area (Å²) >= 11 is 0. The number of nitrogens with zero attached hydrogens (tertiary/aromatic N) is 1. The number of hydrogen-bond donors (Lipinski definition) is 4. The molecule has 4 N–H and O–H groups in total. The van der Waals surface area contributed by atoms with E-state index in [1.807, 2.05) is 98.8 Å². The Bertz CT molecular complexity index is 1490. The average Bonchev–Trinajstić information content (AvgIpc) is 3.44. The third-order valence-electron chi connectivity index (χ3n) is 9.58. The molecule has 264 valence electrons. The van der Waals surface area contributed by atoms with Gasteiger partial charge in [-0.05, 0) is 67.3 Å². The van der Waals surface area contributed by atoms with Gasteiger partial charge in [0, 0.05) is 19.6 Å². The SMILES string of the molecule is CCOC(=O)N[C@]1([C@@H](C)CC)CCN([C@@H](CCc2ccccc2)C(=O)N[C@@H](Cc2ccccc2)[C@@H](O)CNCc2cccc(OC)c2)C1=O. The van der Waals surface area contributed by atoms with E-state index < -0.39 is 29.8 Å². The van der Waals surface area contributed by atoms with Crippen molar-refractivity contribution in [3.63, 3.8) is 0 Å². The van der Waals surface area contributed by atoms with Crippen molar-refractivity contribution in [2.45, 2.75) is 83.1 Å². The van der Waals surface area contributed by atoms with E-state index in [4.69, 9.17) is 9.47 Å². The molecule has 1 fully saturated rings. The maximum absolute atomic E-state index is 14.4. The number of hydrogen-bond acceptors (Lipinski definition) is 7. The fraction of sp³-hybridized carbons (Fsp3) is 0.462. The maximum atomic E-state index is 14.4. The van der Waals surface area contributed by atoms with E-state index in [-0.39, 0.29) is 30.9 Å². The van der Waals surface area contributed by atoms with E-state index in [2.05, 4.69) is 16.0 Å². The van der Waals surface area contributed by atoms with Crippen molar-refractivity contribution in [1.29, 1.82) is 0 Å². The lowest BCUT2D eigenvalue weighted by Gasteiger charge is -2.36. The second-order valence-electron chi connectivity index (χ2n) is 12.8. The van der Waals surface area contributed by atoms with Crippen molar-refractivity contribution < 1.29 is 29.0 Å². The van der Waals surface area contributed by atoms with Crippen LogP contribution in [-0.2, 0) is 33.7 Å². The second-order valence-corrected chi connectivity index (χ2v) is 12.8. The predicted octanol–water partition coefficient (Wildman–Crippen LogP) is 4.64. The molecule has 1 heterocycles. The van der Waals surface area contributed by atoms with Gasteiger partial charge in [0.25, 0.3) is 0 Å². The van der Waals surface area contributed by atoms with Crippen LogP contribution in [-0.4, -0.2) is 78.4 Å². The predicted molar refractivity (Wildman–Crippen MR) is 190 cm³/mol. The van der Waals surface area contributed by atoms with Gasteiger partial charge in [-0.3, -0.25) is 9.59 Å². The van der Waals surface area contributed by atoms with Gasteiger partial charge in [0.05, 0.1) is 25.9 Å². The number of aliphatic hydroxyl groups excluding tert-OH is 1. The minimum Gasteiger partial charge on any atom is -0.497 e. The van der Waals surface area contributed by atoms with Crippen LogP contribution < -0.4 is 20.7 Å². The van der Waals surface area contributed by atoms with Gasteiger partial charge in [-0.1, -0.05) is 93.1 Å². The first-order valence-corrected chi connectivity index (χ1v) is 17.4. The molecule has 4 rings (SSSR count). The maximum Gasteiger partial charge on any atom is 0.407 e. The summed E-state index contributed by atoms with van der Waals surface area (Å²) in [6.45, 7) is 6.86. The molecular formula is C39H52N4O6. The molecule has 10 heteroatoms. The third kappa shape index (κ3) is 10.1. The number of nitrogens with one attached hydrogen (secondary N) is 3. The molecule has 0 bridgehead atoms. The van der Waals surface area contributed by atoms with Gasteiger partial charge in [0.2, 0.25) is 11.8 Å². The Kier molecular flexibility index (Phi) is 14.0. The molecule has 3 aromatic rings. The molecule has 0 radical (unpaired) electrons. The number of amides is 3. The largest absolute Gasteiger partial charge is 0.497 e. The summed E-state index contributed by atoms with van der Waals surface area (Å²) in [5.41, 5.74) is 1.84. The highest BCUT2D eigenvalue weighted by molar-refractivity contribution is 5.96. The number of carbonyl (C=O) groups excluding carboxylic acids is 3. The quantitative estimate of drug-likeness (QED) is 0.155. The number of ether oxygens (including phenoxy) is 2. The summed E-state index contributed by atoms with van der Waals surface area (Å²) in [7, 11) is 1.62. The Morgan fingerprint density at radius 2 is 1.63 bits per heavy atom. The monoisotopic (exact) mass is 672 g/mol. The van der Waals surface area contributed by atoms with Crippen LogP contribution in [0.25, 0.3) is 0 Å². The molecule has 3 amide bonds. The minimum absolute atomic E-state index is 0.182. The molecular weight excluding hydrogens is 620 g/mol. The van der Waals surface area contributed by atoms with Gasteiger partial charge in [-0.2, -0.15) is 0 Å². The number of benzene rings is 3. The zero-order valence-corrected chi connectivity index (χ0v) is 29.2. The van der Waals surface area contributed by atoms with Crippen LogP contribution in [0.4, 0.5) is 4.79 Å². The Morgan fingerprint density at radius 3 is 2.29 bits per heavy atom. The molecule has 1 aliphatic rings. The molecule has 1 saturated heterocycles. The van der Waals surface area contributed by atoms with Crippen LogP contribution in [0.2, 0.25) is 0 Å². The van der Waals surface area contributed by atoms with E-state index in [9.17, 15) is 19.5 Å². The molecule has 0 unspecified atom stereocenters. The number of rotatable bonds is 18. The summed E-state index contributed by atoms with van der Waals surface area (Å²) in [6, 6.07) is 25.8. The number of aryl methyl sites for hydroxylation is 1. The van der Waals surface area contributed by atoms with Crippen molar-refractivity contribution in [1.82, 2.24) is 20.9 Å². The molecule has 5 atom stereocenters. The Morgan fingerprint density at radius 1 is 0.959 bits per heavy atom. The van der Waals surface area contributed by atoms with E-state index in [1.165, 1.54) is 0 Å². The topological polar surface area (TPSA) is 129 Å². The molecule has 0 aromatic heterocycles. The van der Waals surface area contributed by atoms with Gasteiger partial charge in [-0.25, -0.2) is 4.79 Å². The third-order valence-corrected chi connectivity index (χ3v) is 9.58. The zero-order valence-electron chi connectivity index (χ0n) is 29.2. The van der Waals surface area contributed by atoms with Crippen molar-refractivity contribution in [2.24, 2.45) is 5.92 Å². The number of carbonyl (C=O) groups is 3. The first-order valence-electron chi connectivity index (χ1n) is 17.4. The highest BCUT2D eigenvalue weighted by Gasteiger charge is 2.53. The fourth-order valence-corrected chi connectivity index (χ4v) is 6.55. The van der Waals surface area contributed by atoms with Crippen LogP contribution >= 0.6 is 0 Å². The van der Waals surface area contributed by atoms with Crippen LogP contribution in [0.15, 0.2) is 84.9 Å². The lowest BCUT2D eigenvalue weighted by Crippen LogP contribution is -2.61. The standard InChI is InChI=1S/C39H52N4O6/c1-5-28(3)39(42-38(47)49-6-2)22-23-43(37(39)46)34(21-20-29-14-9-7-10-15-29)36(45)41-33(25-30-16-11-8-12-17-30)35(44)27-40-26-31-18-13-19-32(24-31)48-4/h7-19,24,28,33-35,40,44H,5-6,20-23,25-27H2,1-4H3,(H,41,45)(H,42,47)/t28-,33-,34-,35-,39-/m0/s1. The van der Waals surface area contributed by atoms with Crippen LogP contribution in [0, 0.1) is 5.92 Å². The van der Waals surface area contributed by atoms with E-state index in [1.54, 1.807) is 18.9 Å². The van der Waals surface area contributed by atoms with Gasteiger partial charge in [0.1, 0.15) is 17.3 Å². The van der Waals surface area contributed by atoms with Crippen molar-refractivity contribution in [3.8, 4) is 5.75 Å². The summed E-state index contributed by atoms with van der Waals surface area (Å²) in [5.74, 6) is -0.0613. The number of methoxy groups -OCH3 is 1. The fourth-order valence-electron chi connectivity index (χ4n) is 6.55. The number of alkyl carbamates (subject to hydrolysis) is 1. The molecule has 3 aromatic carbocycles. The number of aliphatic hydroxyl groups is 1. The van der Waals surface area contributed by atoms with E-state index in [0.29, 0.717) is 45.2 Å². The van der Waals surface area contributed by atoms with Crippen molar-refractivity contribution in [2.75, 3.05) is 26.8 Å². The van der Waals surface area contributed by atoms with Crippen molar-refractivity contribution >= 4 is 17.9 Å². The lowest BCUT2D eigenvalue weighted by molar-refractivity contribution is -0.142. The lowest BCUT2D eigenvalue weighted by atomic mass is 9.82. The highest BCUT2D eigenvalue weighted by atomic mass is 16.5. The zero-order chi connectivity index (χ0) is 35.2. The number of likely N-dealkylation sites (tertiary alicyclic amines) is 1. The molecule has 1 aliphatic heterocycles. The Hall–Kier alpha value is -4.41. The first-order chi connectivity index (χ1) is 23.7. The van der Waals surface area contributed by atoms with Crippen LogP contribution in [0.5, 0.6) is 5.75 Å². The Balaban J connectivity index is 1.57. The molecule has 0 saturated carbocycles. The van der Waals surface area contributed by atoms with Crippen LogP contribution in [0.1, 0.15) is 56.7 Å². The van der Waals surface area contributed by atoms with Crippen molar-refractivity contribution in [3.05, 3.63) is 102 Å². The highest BCUT2D eigenvalue weighted by Crippen LogP contribution is 2.35.